The fourth-order valence-electron chi connectivity index (χ4n) is 1.08. The Labute approximate surface area is 83.2 Å². The summed E-state index contributed by atoms with van der Waals surface area (Å²) in [6.07, 6.45) is 4.98. The summed E-state index contributed by atoms with van der Waals surface area (Å²) in [4.78, 5) is 3.96. The highest BCUT2D eigenvalue weighted by Gasteiger charge is 2.01. The summed E-state index contributed by atoms with van der Waals surface area (Å²) in [6, 6.07) is 3.76. The van der Waals surface area contributed by atoms with Crippen molar-refractivity contribution < 1.29 is 0 Å². The van der Waals surface area contributed by atoms with Crippen molar-refractivity contribution in [2.45, 2.75) is 26.2 Å². The standard InChI is InChI=1S/C10H11ClN2/c1-2-3-4-8-5-9(11)10(6-12)13-7-8/h5,7H,2-4H2,1H3. The van der Waals surface area contributed by atoms with Gasteiger partial charge in [0, 0.05) is 6.20 Å². The first-order valence-corrected chi connectivity index (χ1v) is 4.70. The molecule has 0 amide bonds. The van der Waals surface area contributed by atoms with Gasteiger partial charge in [-0.2, -0.15) is 5.26 Å². The molecule has 0 unspecified atom stereocenters. The number of nitrogens with zero attached hydrogens (tertiary/aromatic N) is 2. The minimum atomic E-state index is 0.307. The fourth-order valence-corrected chi connectivity index (χ4v) is 1.31. The van der Waals surface area contributed by atoms with E-state index in [2.05, 4.69) is 11.9 Å². The second-order valence-electron chi connectivity index (χ2n) is 2.89. The van der Waals surface area contributed by atoms with Crippen molar-refractivity contribution in [1.29, 1.82) is 5.26 Å². The number of halogens is 1. The Morgan fingerprint density at radius 1 is 1.62 bits per heavy atom. The Hall–Kier alpha value is -1.07. The minimum absolute atomic E-state index is 0.307. The highest BCUT2D eigenvalue weighted by atomic mass is 35.5. The van der Waals surface area contributed by atoms with Crippen molar-refractivity contribution in [2.24, 2.45) is 0 Å². The van der Waals surface area contributed by atoms with E-state index in [0.717, 1.165) is 24.8 Å². The number of hydrogen-bond acceptors (Lipinski definition) is 2. The summed E-state index contributed by atoms with van der Waals surface area (Å²) in [5.41, 5.74) is 1.41. The Bertz CT molecular complexity index is 328. The molecule has 0 atom stereocenters. The molecule has 0 aliphatic carbocycles. The van der Waals surface area contributed by atoms with Gasteiger partial charge in [-0.1, -0.05) is 24.9 Å². The maximum Gasteiger partial charge on any atom is 0.159 e. The van der Waals surface area contributed by atoms with Crippen LogP contribution in [-0.2, 0) is 6.42 Å². The summed E-state index contributed by atoms with van der Waals surface area (Å²) >= 11 is 5.82. The van der Waals surface area contributed by atoms with Crippen LogP contribution >= 0.6 is 11.6 Å². The van der Waals surface area contributed by atoms with Crippen LogP contribution in [0.4, 0.5) is 0 Å². The molecule has 0 aromatic carbocycles. The zero-order chi connectivity index (χ0) is 9.68. The largest absolute Gasteiger partial charge is 0.244 e. The molecule has 0 bridgehead atoms. The monoisotopic (exact) mass is 194 g/mol. The van der Waals surface area contributed by atoms with Crippen molar-refractivity contribution in [3.63, 3.8) is 0 Å². The third-order valence-electron chi connectivity index (χ3n) is 1.82. The van der Waals surface area contributed by atoms with Crippen molar-refractivity contribution in [3.8, 4) is 6.07 Å². The first-order chi connectivity index (χ1) is 6.27. The van der Waals surface area contributed by atoms with Crippen molar-refractivity contribution in [2.75, 3.05) is 0 Å². The Balaban J connectivity index is 2.79. The third-order valence-corrected chi connectivity index (χ3v) is 2.11. The van der Waals surface area contributed by atoms with Crippen LogP contribution in [0, 0.1) is 11.3 Å². The van der Waals surface area contributed by atoms with E-state index in [1.807, 2.05) is 12.1 Å². The van der Waals surface area contributed by atoms with Gasteiger partial charge in [-0.3, -0.25) is 0 Å². The van der Waals surface area contributed by atoms with Gasteiger partial charge in [0.25, 0.3) is 0 Å². The van der Waals surface area contributed by atoms with Crippen LogP contribution < -0.4 is 0 Å². The lowest BCUT2D eigenvalue weighted by Gasteiger charge is -2.00. The average Bonchev–Trinajstić information content (AvgIpc) is 2.15. The average molecular weight is 195 g/mol. The first-order valence-electron chi connectivity index (χ1n) is 4.32. The number of rotatable bonds is 3. The van der Waals surface area contributed by atoms with Crippen LogP contribution in [0.25, 0.3) is 0 Å². The fraction of sp³-hybridized carbons (Fsp3) is 0.400. The number of nitriles is 1. The molecule has 1 heterocycles. The quantitative estimate of drug-likeness (QED) is 0.742. The van der Waals surface area contributed by atoms with E-state index in [4.69, 9.17) is 16.9 Å². The number of aromatic nitrogens is 1. The topological polar surface area (TPSA) is 36.7 Å². The van der Waals surface area contributed by atoms with E-state index in [1.165, 1.54) is 0 Å². The van der Waals surface area contributed by atoms with Crippen molar-refractivity contribution >= 4 is 11.6 Å². The molecule has 0 spiro atoms. The van der Waals surface area contributed by atoms with Gasteiger partial charge >= 0.3 is 0 Å². The van der Waals surface area contributed by atoms with E-state index >= 15 is 0 Å². The predicted molar refractivity (Wildman–Crippen MR) is 52.6 cm³/mol. The zero-order valence-corrected chi connectivity index (χ0v) is 8.30. The minimum Gasteiger partial charge on any atom is -0.244 e. The first kappa shape index (κ1) is 10.0. The Morgan fingerprint density at radius 2 is 2.38 bits per heavy atom. The third kappa shape index (κ3) is 2.71. The van der Waals surface area contributed by atoms with E-state index in [-0.39, 0.29) is 0 Å². The second-order valence-corrected chi connectivity index (χ2v) is 3.30. The van der Waals surface area contributed by atoms with Gasteiger partial charge in [0.2, 0.25) is 0 Å². The SMILES string of the molecule is CCCCc1cnc(C#N)c(Cl)c1. The maximum absolute atomic E-state index is 8.59. The summed E-state index contributed by atoms with van der Waals surface area (Å²) in [6.45, 7) is 2.14. The van der Waals surface area contributed by atoms with E-state index in [1.54, 1.807) is 6.20 Å². The van der Waals surface area contributed by atoms with Gasteiger partial charge in [-0.05, 0) is 24.5 Å². The molecule has 0 aliphatic heterocycles. The van der Waals surface area contributed by atoms with Crippen LogP contribution in [0.5, 0.6) is 0 Å². The van der Waals surface area contributed by atoms with Crippen LogP contribution in [-0.4, -0.2) is 4.98 Å². The summed E-state index contributed by atoms with van der Waals surface area (Å²) in [7, 11) is 0. The number of aryl methyl sites for hydroxylation is 1. The van der Waals surface area contributed by atoms with E-state index < -0.39 is 0 Å². The highest BCUT2D eigenvalue weighted by molar-refractivity contribution is 6.31. The maximum atomic E-state index is 8.59. The molecule has 1 rings (SSSR count). The Morgan fingerprint density at radius 3 is 2.92 bits per heavy atom. The van der Waals surface area contributed by atoms with Crippen LogP contribution in [0.15, 0.2) is 12.3 Å². The van der Waals surface area contributed by atoms with E-state index in [9.17, 15) is 0 Å². The number of unbranched alkanes of at least 4 members (excludes halogenated alkanes) is 1. The second kappa shape index (κ2) is 4.84. The van der Waals surface area contributed by atoms with E-state index in [0.29, 0.717) is 10.7 Å². The molecule has 1 aromatic heterocycles. The van der Waals surface area contributed by atoms with Crippen LogP contribution in [0.2, 0.25) is 5.02 Å². The molecule has 0 N–H and O–H groups in total. The van der Waals surface area contributed by atoms with Crippen LogP contribution in [0.3, 0.4) is 0 Å². The zero-order valence-electron chi connectivity index (χ0n) is 7.55. The normalized spacial score (nSPS) is 9.62. The lowest BCUT2D eigenvalue weighted by molar-refractivity contribution is 0.792. The molecule has 0 radical (unpaired) electrons. The number of hydrogen-bond donors (Lipinski definition) is 0. The molecule has 68 valence electrons. The van der Waals surface area contributed by atoms with Gasteiger partial charge in [-0.25, -0.2) is 4.98 Å². The molecule has 13 heavy (non-hydrogen) atoms. The lowest BCUT2D eigenvalue weighted by Crippen LogP contribution is -1.90. The lowest BCUT2D eigenvalue weighted by atomic mass is 10.1. The van der Waals surface area contributed by atoms with Gasteiger partial charge < -0.3 is 0 Å². The number of pyridine rings is 1. The summed E-state index contributed by atoms with van der Waals surface area (Å²) in [5, 5.41) is 9.04. The molecule has 0 saturated carbocycles. The molecular formula is C10H11ClN2. The summed E-state index contributed by atoms with van der Waals surface area (Å²) < 4.78 is 0. The molecular weight excluding hydrogens is 184 g/mol. The molecule has 2 nitrogen and oxygen atoms in total. The van der Waals surface area contributed by atoms with Gasteiger partial charge in [-0.15, -0.1) is 0 Å². The predicted octanol–water partition coefficient (Wildman–Crippen LogP) is 2.95. The molecule has 0 aliphatic rings. The smallest absolute Gasteiger partial charge is 0.159 e. The highest BCUT2D eigenvalue weighted by Crippen LogP contribution is 2.15. The molecule has 1 aromatic rings. The molecule has 3 heteroatoms. The van der Waals surface area contributed by atoms with Crippen molar-refractivity contribution in [1.82, 2.24) is 4.98 Å². The summed E-state index contributed by atoms with van der Waals surface area (Å²) in [5.74, 6) is 0. The Kier molecular flexibility index (Phi) is 3.72. The van der Waals surface area contributed by atoms with Gasteiger partial charge in [0.05, 0.1) is 5.02 Å². The van der Waals surface area contributed by atoms with Crippen molar-refractivity contribution in [3.05, 3.63) is 28.5 Å². The molecule has 0 fully saturated rings. The molecule has 0 saturated heterocycles. The van der Waals surface area contributed by atoms with Gasteiger partial charge in [0.15, 0.2) is 5.69 Å². The van der Waals surface area contributed by atoms with Crippen LogP contribution in [0.1, 0.15) is 31.0 Å². The van der Waals surface area contributed by atoms with Gasteiger partial charge in [0.1, 0.15) is 6.07 Å².